The molecule has 1 aliphatic rings. The van der Waals surface area contributed by atoms with Gasteiger partial charge in [0.1, 0.15) is 0 Å². The second-order valence-electron chi connectivity index (χ2n) is 3.36. The first kappa shape index (κ1) is 18.2. The minimum atomic E-state index is -0.833. The predicted molar refractivity (Wildman–Crippen MR) is 58.7 cm³/mol. The van der Waals surface area contributed by atoms with E-state index in [0.717, 1.165) is 26.7 Å². The highest BCUT2D eigenvalue weighted by Gasteiger charge is 2.23. The normalized spacial score (nSPS) is 21.6. The Morgan fingerprint density at radius 1 is 1.00 bits per heavy atom. The third kappa shape index (κ3) is 17.4. The largest absolute Gasteiger partial charge is 0.481 e. The van der Waals surface area contributed by atoms with Gasteiger partial charge in [0.05, 0.1) is 25.4 Å². The van der Waals surface area contributed by atoms with Gasteiger partial charge in [-0.3, -0.25) is 9.59 Å². The van der Waals surface area contributed by atoms with Crippen molar-refractivity contribution in [3.05, 3.63) is 0 Å². The van der Waals surface area contributed by atoms with Gasteiger partial charge < -0.3 is 25.2 Å². The van der Waals surface area contributed by atoms with Crippen LogP contribution in [0.3, 0.4) is 0 Å². The number of carboxylic acid groups (broad SMARTS) is 2. The molecule has 2 unspecified atom stereocenters. The van der Waals surface area contributed by atoms with E-state index in [-0.39, 0.29) is 25.4 Å². The van der Waals surface area contributed by atoms with Gasteiger partial charge in [-0.2, -0.15) is 0 Å². The van der Waals surface area contributed by atoms with Crippen molar-refractivity contribution in [2.75, 3.05) is 13.2 Å². The van der Waals surface area contributed by atoms with E-state index in [0.29, 0.717) is 0 Å². The van der Waals surface area contributed by atoms with Crippen molar-refractivity contribution >= 4 is 11.9 Å². The minimum Gasteiger partial charge on any atom is -0.481 e. The lowest BCUT2D eigenvalue weighted by Crippen LogP contribution is -2.16. The Morgan fingerprint density at radius 3 is 1.35 bits per heavy atom. The summed E-state index contributed by atoms with van der Waals surface area (Å²) < 4.78 is 5.16. The van der Waals surface area contributed by atoms with E-state index in [1.54, 1.807) is 0 Å². The average molecular weight is 252 g/mol. The van der Waals surface area contributed by atoms with Crippen molar-refractivity contribution in [1.29, 1.82) is 0 Å². The van der Waals surface area contributed by atoms with Crippen LogP contribution in [-0.4, -0.2) is 57.8 Å². The molecule has 0 amide bonds. The number of carbonyl (C=O) groups is 2. The second kappa shape index (κ2) is 11.3. The van der Waals surface area contributed by atoms with Gasteiger partial charge in [0, 0.05) is 13.8 Å². The predicted octanol–water partition coefficient (Wildman–Crippen LogP) is -0.300. The van der Waals surface area contributed by atoms with Crippen LogP contribution < -0.4 is 0 Å². The smallest absolute Gasteiger partial charge is 0.300 e. The number of rotatable bonds is 2. The van der Waals surface area contributed by atoms with Gasteiger partial charge in [0.15, 0.2) is 0 Å². The monoisotopic (exact) mass is 252 g/mol. The first-order chi connectivity index (χ1) is 7.83. The van der Waals surface area contributed by atoms with Crippen molar-refractivity contribution in [1.82, 2.24) is 0 Å². The molecule has 0 aromatic rings. The van der Waals surface area contributed by atoms with E-state index < -0.39 is 11.9 Å². The van der Waals surface area contributed by atoms with Gasteiger partial charge in [-0.1, -0.05) is 0 Å². The van der Waals surface area contributed by atoms with Crippen LogP contribution in [0, 0.1) is 0 Å². The van der Waals surface area contributed by atoms with Gasteiger partial charge in [-0.05, 0) is 12.8 Å². The SMILES string of the molecule is CC(=O)O.CC(=O)O.OCC1CCC(CO)O1. The van der Waals surface area contributed by atoms with Gasteiger partial charge in [-0.25, -0.2) is 0 Å². The number of ether oxygens (including phenoxy) is 1. The fraction of sp³-hybridized carbons (Fsp3) is 0.800. The average Bonchev–Trinajstić information content (AvgIpc) is 2.63. The fourth-order valence-electron chi connectivity index (χ4n) is 1.05. The van der Waals surface area contributed by atoms with E-state index in [2.05, 4.69) is 0 Å². The minimum absolute atomic E-state index is 0.0258. The lowest BCUT2D eigenvalue weighted by atomic mass is 10.2. The summed E-state index contributed by atoms with van der Waals surface area (Å²) in [6, 6.07) is 0. The molecule has 0 aliphatic carbocycles. The Morgan fingerprint density at radius 2 is 1.24 bits per heavy atom. The highest BCUT2D eigenvalue weighted by atomic mass is 16.5. The van der Waals surface area contributed by atoms with E-state index in [1.165, 1.54) is 0 Å². The maximum atomic E-state index is 9.00. The molecule has 0 saturated carbocycles. The third-order valence-corrected chi connectivity index (χ3v) is 1.60. The summed E-state index contributed by atoms with van der Waals surface area (Å²) in [5.74, 6) is -1.67. The number of aliphatic hydroxyl groups excluding tert-OH is 2. The molecule has 102 valence electrons. The first-order valence-corrected chi connectivity index (χ1v) is 5.09. The summed E-state index contributed by atoms with van der Waals surface area (Å²) in [5.41, 5.74) is 0. The van der Waals surface area contributed by atoms with E-state index in [1.807, 2.05) is 0 Å². The Bertz CT molecular complexity index is 187. The number of aliphatic hydroxyl groups is 2. The summed E-state index contributed by atoms with van der Waals surface area (Å²) in [5, 5.41) is 32.0. The molecule has 1 heterocycles. The molecule has 1 aliphatic heterocycles. The van der Waals surface area contributed by atoms with Crippen LogP contribution in [0.5, 0.6) is 0 Å². The molecular weight excluding hydrogens is 232 g/mol. The summed E-state index contributed by atoms with van der Waals surface area (Å²) in [7, 11) is 0. The van der Waals surface area contributed by atoms with Crippen molar-refractivity contribution in [2.45, 2.75) is 38.9 Å². The number of hydrogen-bond acceptors (Lipinski definition) is 5. The Kier molecular flexibility index (Phi) is 12.1. The molecule has 7 nitrogen and oxygen atoms in total. The lowest BCUT2D eigenvalue weighted by molar-refractivity contribution is -0.135. The van der Waals surface area contributed by atoms with Crippen molar-refractivity contribution in [2.24, 2.45) is 0 Å². The molecule has 1 fully saturated rings. The molecule has 0 aromatic carbocycles. The molecule has 1 rings (SSSR count). The van der Waals surface area contributed by atoms with Crippen molar-refractivity contribution in [3.63, 3.8) is 0 Å². The van der Waals surface area contributed by atoms with Crippen LogP contribution in [0.15, 0.2) is 0 Å². The highest BCUT2D eigenvalue weighted by Crippen LogP contribution is 2.17. The number of aliphatic carboxylic acids is 2. The van der Waals surface area contributed by atoms with Crippen LogP contribution in [0.4, 0.5) is 0 Å². The summed E-state index contributed by atoms with van der Waals surface area (Å²) in [6.45, 7) is 2.33. The second-order valence-corrected chi connectivity index (χ2v) is 3.36. The molecule has 0 bridgehead atoms. The Balaban J connectivity index is 0. The molecule has 0 spiro atoms. The van der Waals surface area contributed by atoms with Gasteiger partial charge in [0.25, 0.3) is 11.9 Å². The molecule has 0 aromatic heterocycles. The Hall–Kier alpha value is -1.18. The molecule has 4 N–H and O–H groups in total. The zero-order valence-corrected chi connectivity index (χ0v) is 10.00. The first-order valence-electron chi connectivity index (χ1n) is 5.09. The fourth-order valence-corrected chi connectivity index (χ4v) is 1.05. The molecule has 0 radical (unpaired) electrons. The molecule has 2 atom stereocenters. The van der Waals surface area contributed by atoms with Crippen LogP contribution in [0.1, 0.15) is 26.7 Å². The zero-order valence-electron chi connectivity index (χ0n) is 10.00. The standard InChI is InChI=1S/C6H12O3.2C2H4O2/c7-3-5-1-2-6(4-8)9-5;2*1-2(3)4/h5-8H,1-4H2;2*1H3,(H,3,4). The van der Waals surface area contributed by atoms with Gasteiger partial charge in [-0.15, -0.1) is 0 Å². The van der Waals surface area contributed by atoms with Crippen molar-refractivity contribution < 1.29 is 34.8 Å². The van der Waals surface area contributed by atoms with Gasteiger partial charge >= 0.3 is 0 Å². The summed E-state index contributed by atoms with van der Waals surface area (Å²) in [4.78, 5) is 18.0. The van der Waals surface area contributed by atoms with Gasteiger partial charge in [0.2, 0.25) is 0 Å². The number of carboxylic acids is 2. The van der Waals surface area contributed by atoms with E-state index in [9.17, 15) is 0 Å². The topological polar surface area (TPSA) is 124 Å². The summed E-state index contributed by atoms with van der Waals surface area (Å²) >= 11 is 0. The molecule has 1 saturated heterocycles. The quantitative estimate of drug-likeness (QED) is 0.531. The van der Waals surface area contributed by atoms with Crippen LogP contribution in [0.25, 0.3) is 0 Å². The maximum Gasteiger partial charge on any atom is 0.300 e. The molecule has 17 heavy (non-hydrogen) atoms. The number of hydrogen-bond donors (Lipinski definition) is 4. The Labute approximate surface area is 99.6 Å². The van der Waals surface area contributed by atoms with E-state index in [4.69, 9.17) is 34.8 Å². The molecule has 7 heteroatoms. The maximum absolute atomic E-state index is 9.00. The highest BCUT2D eigenvalue weighted by molar-refractivity contribution is 5.63. The van der Waals surface area contributed by atoms with Crippen LogP contribution >= 0.6 is 0 Å². The zero-order chi connectivity index (χ0) is 13.8. The summed E-state index contributed by atoms with van der Waals surface area (Å²) in [6.07, 6.45) is 1.70. The van der Waals surface area contributed by atoms with Crippen LogP contribution in [-0.2, 0) is 14.3 Å². The van der Waals surface area contributed by atoms with Crippen LogP contribution in [0.2, 0.25) is 0 Å². The van der Waals surface area contributed by atoms with E-state index >= 15 is 0 Å². The molecular formula is C10H20O7. The third-order valence-electron chi connectivity index (χ3n) is 1.60. The lowest BCUT2D eigenvalue weighted by Gasteiger charge is -2.07. The van der Waals surface area contributed by atoms with Crippen molar-refractivity contribution in [3.8, 4) is 0 Å².